The van der Waals surface area contributed by atoms with Crippen molar-refractivity contribution >= 4 is 52.4 Å². The van der Waals surface area contributed by atoms with E-state index in [1.807, 2.05) is 0 Å². The molecule has 0 saturated heterocycles. The number of nitrogens with zero attached hydrogens (tertiary/aromatic N) is 3. The molecule has 5 rings (SSSR count). The molecule has 0 aliphatic carbocycles. The molecular weight excluding hydrogens is 512 g/mol. The molecule has 1 amide bonds. The predicted molar refractivity (Wildman–Crippen MR) is 141 cm³/mol. The molecule has 1 atom stereocenters. The van der Waals surface area contributed by atoms with Gasteiger partial charge >= 0.3 is 12.0 Å². The average Bonchev–Trinajstić information content (AvgIpc) is 3.31. The van der Waals surface area contributed by atoms with Crippen molar-refractivity contribution in [3.8, 4) is 5.75 Å². The van der Waals surface area contributed by atoms with Gasteiger partial charge in [-0.05, 0) is 37.3 Å². The van der Waals surface area contributed by atoms with E-state index in [2.05, 4.69) is 25.9 Å². The molecule has 38 heavy (non-hydrogen) atoms. The highest BCUT2D eigenvalue weighted by Crippen LogP contribution is 2.36. The molecule has 0 spiro atoms. The standard InChI is InChI=1S/C26H21ClN6O5/c1-13-20(23(34)31-19-12-14(24(35)36)10-11-28-19)21(15-6-3-4-7-16(15)27)32-25(29-13)33-26-30-17-8-5-9-18(37-2)22(17)38-26/h3-12,21H,1-2H3,(H,35,36)(H,28,31,34)(H2,29,30,32,33). The Morgan fingerprint density at radius 2 is 1.97 bits per heavy atom. The van der Waals surface area contributed by atoms with Crippen molar-refractivity contribution < 1.29 is 23.8 Å². The fraction of sp³-hybridized carbons (Fsp3) is 0.115. The number of fused-ring (bicyclic) bond motifs is 1. The summed E-state index contributed by atoms with van der Waals surface area (Å²) in [5.41, 5.74) is 2.39. The Hall–Kier alpha value is -4.90. The van der Waals surface area contributed by atoms with E-state index in [1.54, 1.807) is 56.5 Å². The lowest BCUT2D eigenvalue weighted by atomic mass is 9.95. The Morgan fingerprint density at radius 1 is 1.16 bits per heavy atom. The van der Waals surface area contributed by atoms with E-state index in [0.717, 1.165) is 0 Å². The minimum absolute atomic E-state index is 0.00935. The van der Waals surface area contributed by atoms with Crippen LogP contribution in [0.15, 0.2) is 81.5 Å². The highest BCUT2D eigenvalue weighted by Gasteiger charge is 2.31. The molecule has 1 unspecified atom stereocenters. The molecule has 1 aliphatic rings. The molecule has 4 N–H and O–H groups in total. The van der Waals surface area contributed by atoms with Gasteiger partial charge in [-0.2, -0.15) is 4.98 Å². The third-order valence-corrected chi connectivity index (χ3v) is 6.10. The lowest BCUT2D eigenvalue weighted by Gasteiger charge is -2.26. The number of nitrogens with one attached hydrogen (secondary N) is 3. The second-order valence-electron chi connectivity index (χ2n) is 8.21. The van der Waals surface area contributed by atoms with Gasteiger partial charge in [-0.3, -0.25) is 10.1 Å². The van der Waals surface area contributed by atoms with Gasteiger partial charge < -0.3 is 24.9 Å². The van der Waals surface area contributed by atoms with Gasteiger partial charge in [-0.15, -0.1) is 0 Å². The minimum atomic E-state index is -1.14. The van der Waals surface area contributed by atoms with Crippen molar-refractivity contribution in [2.75, 3.05) is 17.7 Å². The Bertz CT molecular complexity index is 1630. The van der Waals surface area contributed by atoms with Gasteiger partial charge in [0.25, 0.3) is 5.91 Å². The molecule has 0 saturated carbocycles. The fourth-order valence-electron chi connectivity index (χ4n) is 4.01. The number of carbonyl (C=O) groups is 2. The number of aromatic nitrogens is 2. The number of rotatable bonds is 6. The van der Waals surface area contributed by atoms with Crippen molar-refractivity contribution in [2.45, 2.75) is 13.0 Å². The summed E-state index contributed by atoms with van der Waals surface area (Å²) in [5, 5.41) is 18.4. The van der Waals surface area contributed by atoms with Crippen LogP contribution >= 0.6 is 11.6 Å². The van der Waals surface area contributed by atoms with Crippen LogP contribution in [0.4, 0.5) is 11.8 Å². The number of amides is 1. The van der Waals surface area contributed by atoms with Crippen LogP contribution in [0.1, 0.15) is 28.9 Å². The molecule has 11 nitrogen and oxygen atoms in total. The smallest absolute Gasteiger partial charge is 0.335 e. The van der Waals surface area contributed by atoms with Gasteiger partial charge in [-0.25, -0.2) is 14.8 Å². The van der Waals surface area contributed by atoms with E-state index in [9.17, 15) is 14.7 Å². The number of benzene rings is 2. The van der Waals surface area contributed by atoms with Gasteiger partial charge in [0.2, 0.25) is 5.96 Å². The summed E-state index contributed by atoms with van der Waals surface area (Å²) in [5.74, 6) is -0.763. The number of hydrogen-bond donors (Lipinski definition) is 4. The minimum Gasteiger partial charge on any atom is -0.493 e. The first kappa shape index (κ1) is 24.8. The average molecular weight is 533 g/mol. The number of allylic oxidation sites excluding steroid dienone is 1. The highest BCUT2D eigenvalue weighted by atomic mass is 35.5. The monoisotopic (exact) mass is 532 g/mol. The third-order valence-electron chi connectivity index (χ3n) is 5.76. The first-order chi connectivity index (χ1) is 18.3. The molecule has 2 aromatic carbocycles. The number of carbonyl (C=O) groups excluding carboxylic acids is 1. The summed E-state index contributed by atoms with van der Waals surface area (Å²) in [6.45, 7) is 1.71. The third kappa shape index (κ3) is 4.87. The number of pyridine rings is 1. The van der Waals surface area contributed by atoms with Crippen molar-refractivity contribution in [3.05, 3.63) is 88.2 Å². The summed E-state index contributed by atoms with van der Waals surface area (Å²) in [6.07, 6.45) is 1.31. The number of carboxylic acids is 1. The molecule has 0 fully saturated rings. The largest absolute Gasteiger partial charge is 0.493 e. The molecule has 192 valence electrons. The van der Waals surface area contributed by atoms with Gasteiger partial charge in [0.1, 0.15) is 17.4 Å². The lowest BCUT2D eigenvalue weighted by molar-refractivity contribution is -0.113. The number of ether oxygens (including phenoxy) is 1. The Balaban J connectivity index is 1.49. The molecule has 1 aliphatic heterocycles. The number of methoxy groups -OCH3 is 1. The SMILES string of the molecule is COc1cccc2nc(NC3=NC(c4ccccc4Cl)C(C(=O)Nc4cc(C(=O)O)ccn4)=C(C)N3)oc12. The van der Waals surface area contributed by atoms with Crippen LogP contribution in [0.5, 0.6) is 5.75 Å². The van der Waals surface area contributed by atoms with Crippen LogP contribution in [0.25, 0.3) is 11.1 Å². The van der Waals surface area contributed by atoms with Crippen LogP contribution in [0.3, 0.4) is 0 Å². The van der Waals surface area contributed by atoms with Crippen molar-refractivity contribution in [1.29, 1.82) is 0 Å². The predicted octanol–water partition coefficient (Wildman–Crippen LogP) is 4.61. The zero-order chi connectivity index (χ0) is 26.8. The number of guanidine groups is 1. The first-order valence-electron chi connectivity index (χ1n) is 11.4. The van der Waals surface area contributed by atoms with Gasteiger partial charge in [0.15, 0.2) is 11.3 Å². The number of aromatic carboxylic acids is 1. The maximum Gasteiger partial charge on any atom is 0.335 e. The molecule has 4 aromatic rings. The van der Waals surface area contributed by atoms with Crippen molar-refractivity contribution in [1.82, 2.24) is 15.3 Å². The number of oxazole rings is 1. The number of anilines is 2. The van der Waals surface area contributed by atoms with Gasteiger partial charge in [0, 0.05) is 22.5 Å². The van der Waals surface area contributed by atoms with E-state index in [-0.39, 0.29) is 28.9 Å². The Kier molecular flexibility index (Phi) is 6.67. The number of halogens is 1. The zero-order valence-electron chi connectivity index (χ0n) is 20.2. The molecule has 0 bridgehead atoms. The van der Waals surface area contributed by atoms with E-state index in [0.29, 0.717) is 33.1 Å². The summed E-state index contributed by atoms with van der Waals surface area (Å²) in [6, 6.07) is 14.4. The second kappa shape index (κ2) is 10.2. The number of para-hydroxylation sites is 1. The number of hydrogen-bond acceptors (Lipinski definition) is 9. The summed E-state index contributed by atoms with van der Waals surface area (Å²) in [7, 11) is 1.54. The quantitative estimate of drug-likeness (QED) is 0.279. The van der Waals surface area contributed by atoms with Crippen LogP contribution in [0, 0.1) is 0 Å². The molecule has 3 heterocycles. The fourth-order valence-corrected chi connectivity index (χ4v) is 4.25. The van der Waals surface area contributed by atoms with Crippen LogP contribution in [-0.4, -0.2) is 40.0 Å². The van der Waals surface area contributed by atoms with E-state index in [4.69, 9.17) is 25.7 Å². The van der Waals surface area contributed by atoms with Crippen LogP contribution in [-0.2, 0) is 4.79 Å². The van der Waals surface area contributed by atoms with Gasteiger partial charge in [-0.1, -0.05) is 35.9 Å². The zero-order valence-corrected chi connectivity index (χ0v) is 20.9. The number of carboxylic acid groups (broad SMARTS) is 1. The Morgan fingerprint density at radius 3 is 2.74 bits per heavy atom. The molecule has 2 aromatic heterocycles. The lowest BCUT2D eigenvalue weighted by Crippen LogP contribution is -2.37. The molecule has 12 heteroatoms. The molecular formula is C26H21ClN6O5. The summed E-state index contributed by atoms with van der Waals surface area (Å²) < 4.78 is 11.2. The normalized spacial score (nSPS) is 15.0. The highest BCUT2D eigenvalue weighted by molar-refractivity contribution is 6.31. The van der Waals surface area contributed by atoms with E-state index in [1.165, 1.54) is 18.3 Å². The van der Waals surface area contributed by atoms with E-state index >= 15 is 0 Å². The second-order valence-corrected chi connectivity index (χ2v) is 8.61. The first-order valence-corrected chi connectivity index (χ1v) is 11.7. The van der Waals surface area contributed by atoms with Crippen LogP contribution in [0.2, 0.25) is 5.02 Å². The Labute approximate surface area is 221 Å². The molecule has 0 radical (unpaired) electrons. The van der Waals surface area contributed by atoms with Crippen LogP contribution < -0.4 is 20.7 Å². The maximum atomic E-state index is 13.4. The van der Waals surface area contributed by atoms with Gasteiger partial charge in [0.05, 0.1) is 18.2 Å². The van der Waals surface area contributed by atoms with Crippen molar-refractivity contribution in [3.63, 3.8) is 0 Å². The van der Waals surface area contributed by atoms with E-state index < -0.39 is 17.9 Å². The topological polar surface area (TPSA) is 151 Å². The maximum absolute atomic E-state index is 13.4. The number of aliphatic imine (C=N–C) groups is 1. The summed E-state index contributed by atoms with van der Waals surface area (Å²) >= 11 is 6.50. The van der Waals surface area contributed by atoms with Crippen molar-refractivity contribution in [2.24, 2.45) is 4.99 Å². The summed E-state index contributed by atoms with van der Waals surface area (Å²) in [4.78, 5) is 38.0.